The summed E-state index contributed by atoms with van der Waals surface area (Å²) in [5, 5.41) is 3.06. The lowest BCUT2D eigenvalue weighted by Crippen LogP contribution is -2.36. The molecule has 3 rings (SSSR count). The Labute approximate surface area is 173 Å². The minimum Gasteiger partial charge on any atom is -0.497 e. The molecule has 1 saturated heterocycles. The van der Waals surface area contributed by atoms with Gasteiger partial charge in [-0.2, -0.15) is 0 Å². The van der Waals surface area contributed by atoms with Crippen molar-refractivity contribution in [3.8, 4) is 5.75 Å². The van der Waals surface area contributed by atoms with Crippen LogP contribution in [0.3, 0.4) is 0 Å². The molecule has 0 aromatic heterocycles. The first kappa shape index (κ1) is 20.9. The highest BCUT2D eigenvalue weighted by Crippen LogP contribution is 2.34. The molecule has 0 saturated carbocycles. The summed E-state index contributed by atoms with van der Waals surface area (Å²) in [4.78, 5) is 27.8. The van der Waals surface area contributed by atoms with Gasteiger partial charge in [-0.1, -0.05) is 43.2 Å². The summed E-state index contributed by atoms with van der Waals surface area (Å²) in [5.41, 5.74) is 2.90. The molecule has 1 aliphatic rings. The lowest BCUT2D eigenvalue weighted by atomic mass is 9.88. The predicted octanol–water partition coefficient (Wildman–Crippen LogP) is 3.78. The van der Waals surface area contributed by atoms with Crippen LogP contribution < -0.4 is 10.1 Å². The first-order chi connectivity index (χ1) is 14.0. The van der Waals surface area contributed by atoms with E-state index in [1.165, 1.54) is 5.56 Å². The molecule has 1 fully saturated rings. The minimum absolute atomic E-state index is 0.000533. The van der Waals surface area contributed by atoms with E-state index in [-0.39, 0.29) is 23.7 Å². The predicted molar refractivity (Wildman–Crippen MR) is 114 cm³/mol. The third-order valence-corrected chi connectivity index (χ3v) is 5.62. The maximum Gasteiger partial charge on any atom is 0.253 e. The lowest BCUT2D eigenvalue weighted by Gasteiger charge is -2.18. The summed E-state index contributed by atoms with van der Waals surface area (Å²) in [6.07, 6.45) is 2.00. The Morgan fingerprint density at radius 3 is 2.38 bits per heavy atom. The van der Waals surface area contributed by atoms with Crippen LogP contribution in [0.15, 0.2) is 48.5 Å². The Hall–Kier alpha value is -2.82. The van der Waals surface area contributed by atoms with Crippen LogP contribution in [-0.2, 0) is 4.79 Å². The molecule has 2 amide bonds. The van der Waals surface area contributed by atoms with Gasteiger partial charge in [0.25, 0.3) is 5.91 Å². The number of carbonyl (C=O) groups is 2. The number of ether oxygens (including phenoxy) is 1. The monoisotopic (exact) mass is 394 g/mol. The maximum atomic E-state index is 13.1. The smallest absolute Gasteiger partial charge is 0.253 e. The van der Waals surface area contributed by atoms with Crippen LogP contribution in [0, 0.1) is 12.8 Å². The fraction of sp³-hybridized carbons (Fsp3) is 0.417. The second-order valence-electron chi connectivity index (χ2n) is 7.71. The van der Waals surface area contributed by atoms with Crippen molar-refractivity contribution in [3.63, 3.8) is 0 Å². The van der Waals surface area contributed by atoms with Crippen LogP contribution in [0.5, 0.6) is 5.75 Å². The summed E-state index contributed by atoms with van der Waals surface area (Å²) in [6.45, 7) is 5.80. The van der Waals surface area contributed by atoms with E-state index in [2.05, 4.69) is 36.5 Å². The second kappa shape index (κ2) is 9.59. The average molecular weight is 395 g/mol. The van der Waals surface area contributed by atoms with Crippen molar-refractivity contribution >= 4 is 11.8 Å². The van der Waals surface area contributed by atoms with E-state index in [4.69, 9.17) is 4.74 Å². The lowest BCUT2D eigenvalue weighted by molar-refractivity contribution is -0.124. The summed E-state index contributed by atoms with van der Waals surface area (Å²) in [7, 11) is 1.60. The fourth-order valence-electron chi connectivity index (χ4n) is 3.82. The molecule has 5 nitrogen and oxygen atoms in total. The van der Waals surface area contributed by atoms with Gasteiger partial charge in [0.15, 0.2) is 0 Å². The summed E-state index contributed by atoms with van der Waals surface area (Å²) >= 11 is 0. The normalized spacial score (nSPS) is 18.5. The highest BCUT2D eigenvalue weighted by atomic mass is 16.5. The molecule has 0 radical (unpaired) electrons. The van der Waals surface area contributed by atoms with Crippen molar-refractivity contribution < 1.29 is 14.3 Å². The zero-order chi connectivity index (χ0) is 20.8. The number of methoxy groups -OCH3 is 1. The zero-order valence-corrected chi connectivity index (χ0v) is 17.5. The first-order valence-electron chi connectivity index (χ1n) is 10.3. The Kier molecular flexibility index (Phi) is 6.91. The number of rotatable bonds is 7. The van der Waals surface area contributed by atoms with E-state index in [0.29, 0.717) is 30.9 Å². The molecule has 1 N–H and O–H groups in total. The molecule has 29 heavy (non-hydrogen) atoms. The minimum atomic E-state index is -0.239. The SMILES string of the molecule is CCCCNC(=O)C1CN(C(=O)c2ccc(OC)cc2)CC1c1ccc(C)cc1. The second-order valence-corrected chi connectivity index (χ2v) is 7.71. The molecule has 0 aliphatic carbocycles. The quantitative estimate of drug-likeness (QED) is 0.727. The summed E-state index contributed by atoms with van der Waals surface area (Å²) in [6, 6.07) is 15.4. The maximum absolute atomic E-state index is 13.1. The van der Waals surface area contributed by atoms with E-state index in [1.807, 2.05) is 6.92 Å². The number of amides is 2. The number of benzene rings is 2. The Bertz CT molecular complexity index is 830. The van der Waals surface area contributed by atoms with Crippen molar-refractivity contribution in [1.29, 1.82) is 0 Å². The van der Waals surface area contributed by atoms with Gasteiger partial charge in [-0.3, -0.25) is 9.59 Å². The van der Waals surface area contributed by atoms with Gasteiger partial charge in [0.2, 0.25) is 5.91 Å². The molecule has 2 unspecified atom stereocenters. The number of carbonyl (C=O) groups excluding carboxylic acids is 2. The van der Waals surface area contributed by atoms with Gasteiger partial charge >= 0.3 is 0 Å². The van der Waals surface area contributed by atoms with Crippen LogP contribution in [0.2, 0.25) is 0 Å². The number of nitrogens with one attached hydrogen (secondary N) is 1. The molecule has 154 valence electrons. The van der Waals surface area contributed by atoms with Crippen LogP contribution in [0.25, 0.3) is 0 Å². The Morgan fingerprint density at radius 2 is 1.76 bits per heavy atom. The van der Waals surface area contributed by atoms with Crippen molar-refractivity contribution in [2.24, 2.45) is 5.92 Å². The third kappa shape index (κ3) is 4.97. The van der Waals surface area contributed by atoms with Crippen LogP contribution in [-0.4, -0.2) is 43.5 Å². The molecule has 2 atom stereocenters. The van der Waals surface area contributed by atoms with Gasteiger partial charge < -0.3 is 15.0 Å². The van der Waals surface area contributed by atoms with Gasteiger partial charge in [0, 0.05) is 31.1 Å². The van der Waals surface area contributed by atoms with E-state index in [0.717, 1.165) is 18.4 Å². The highest BCUT2D eigenvalue weighted by Gasteiger charge is 2.40. The van der Waals surface area contributed by atoms with Crippen molar-refractivity contribution in [1.82, 2.24) is 10.2 Å². The molecule has 1 aliphatic heterocycles. The summed E-state index contributed by atoms with van der Waals surface area (Å²) in [5.74, 6) is 0.465. The molecule has 1 heterocycles. The van der Waals surface area contributed by atoms with Gasteiger partial charge in [0.05, 0.1) is 13.0 Å². The topological polar surface area (TPSA) is 58.6 Å². The average Bonchev–Trinajstić information content (AvgIpc) is 3.19. The van der Waals surface area contributed by atoms with E-state index in [1.54, 1.807) is 36.3 Å². The van der Waals surface area contributed by atoms with E-state index >= 15 is 0 Å². The molecular formula is C24H30N2O3. The third-order valence-electron chi connectivity index (χ3n) is 5.62. The number of likely N-dealkylation sites (tertiary alicyclic amines) is 1. The van der Waals surface area contributed by atoms with Gasteiger partial charge in [-0.05, 0) is 43.2 Å². The largest absolute Gasteiger partial charge is 0.497 e. The van der Waals surface area contributed by atoms with Crippen LogP contribution >= 0.6 is 0 Å². The van der Waals surface area contributed by atoms with E-state index in [9.17, 15) is 9.59 Å². The number of aryl methyl sites for hydroxylation is 1. The van der Waals surface area contributed by atoms with Crippen LogP contribution in [0.4, 0.5) is 0 Å². The van der Waals surface area contributed by atoms with Crippen molar-refractivity contribution in [2.45, 2.75) is 32.6 Å². The van der Waals surface area contributed by atoms with E-state index < -0.39 is 0 Å². The molecule has 2 aromatic rings. The summed E-state index contributed by atoms with van der Waals surface area (Å²) < 4.78 is 5.18. The van der Waals surface area contributed by atoms with Gasteiger partial charge in [-0.15, -0.1) is 0 Å². The standard InChI is InChI=1S/C24H30N2O3/c1-4-5-14-25-23(27)22-16-26(15-21(22)18-8-6-17(2)7-9-18)24(28)19-10-12-20(29-3)13-11-19/h6-13,21-22H,4-5,14-16H2,1-3H3,(H,25,27). The van der Waals surface area contributed by atoms with Gasteiger partial charge in [0.1, 0.15) is 5.75 Å². The fourth-order valence-corrected chi connectivity index (χ4v) is 3.82. The first-order valence-corrected chi connectivity index (χ1v) is 10.3. The number of hydrogen-bond donors (Lipinski definition) is 1. The molecule has 2 aromatic carbocycles. The number of nitrogens with zero attached hydrogens (tertiary/aromatic N) is 1. The Balaban J connectivity index is 1.80. The molecular weight excluding hydrogens is 364 g/mol. The van der Waals surface area contributed by atoms with Crippen molar-refractivity contribution in [2.75, 3.05) is 26.7 Å². The number of unbranched alkanes of at least 4 members (excludes halogenated alkanes) is 1. The zero-order valence-electron chi connectivity index (χ0n) is 17.5. The molecule has 5 heteroatoms. The van der Waals surface area contributed by atoms with Gasteiger partial charge in [-0.25, -0.2) is 0 Å². The molecule has 0 bridgehead atoms. The number of hydrogen-bond acceptors (Lipinski definition) is 3. The molecule has 0 spiro atoms. The Morgan fingerprint density at radius 1 is 1.07 bits per heavy atom. The highest BCUT2D eigenvalue weighted by molar-refractivity contribution is 5.95. The van der Waals surface area contributed by atoms with Crippen molar-refractivity contribution in [3.05, 3.63) is 65.2 Å². The van der Waals surface area contributed by atoms with Crippen LogP contribution in [0.1, 0.15) is 47.2 Å².